The lowest BCUT2D eigenvalue weighted by Gasteiger charge is -2.08. The lowest BCUT2D eigenvalue weighted by Crippen LogP contribution is -2.06. The molecule has 1 aromatic heterocycles. The summed E-state index contributed by atoms with van der Waals surface area (Å²) in [7, 11) is 0. The van der Waals surface area contributed by atoms with Crippen LogP contribution in [0.2, 0.25) is 0 Å². The van der Waals surface area contributed by atoms with Gasteiger partial charge >= 0.3 is 5.97 Å². The number of carboxylic acid groups (broad SMARTS) is 1. The summed E-state index contributed by atoms with van der Waals surface area (Å²) < 4.78 is 2.12. The fourth-order valence-corrected chi connectivity index (χ4v) is 2.25. The normalized spacial score (nSPS) is 10.9. The lowest BCUT2D eigenvalue weighted by molar-refractivity contribution is -0.137. The molecule has 0 saturated heterocycles. The van der Waals surface area contributed by atoms with Crippen LogP contribution in [-0.2, 0) is 17.8 Å². The molecule has 2 rings (SSSR count). The molecule has 0 spiro atoms. The average molecular weight is 231 g/mol. The van der Waals surface area contributed by atoms with Gasteiger partial charge in [-0.3, -0.25) is 4.79 Å². The Bertz CT molecular complexity index is 555. The highest BCUT2D eigenvalue weighted by atomic mass is 16.4. The first kappa shape index (κ1) is 11.7. The van der Waals surface area contributed by atoms with E-state index >= 15 is 0 Å². The Hall–Kier alpha value is -1.77. The largest absolute Gasteiger partial charge is 0.481 e. The van der Waals surface area contributed by atoms with Gasteiger partial charge in [0.2, 0.25) is 0 Å². The lowest BCUT2D eigenvalue weighted by atomic mass is 10.1. The first-order chi connectivity index (χ1) is 8.13. The number of carbonyl (C=O) groups is 1. The Morgan fingerprint density at radius 2 is 2.18 bits per heavy atom. The topological polar surface area (TPSA) is 42.2 Å². The predicted octanol–water partition coefficient (Wildman–Crippen LogP) is 2.99. The van der Waals surface area contributed by atoms with Gasteiger partial charge in [-0.15, -0.1) is 0 Å². The highest BCUT2D eigenvalue weighted by molar-refractivity contribution is 5.84. The monoisotopic (exact) mass is 231 g/mol. The molecule has 0 saturated carbocycles. The molecule has 17 heavy (non-hydrogen) atoms. The highest BCUT2D eigenvalue weighted by Gasteiger charge is 2.09. The minimum absolute atomic E-state index is 0.171. The summed E-state index contributed by atoms with van der Waals surface area (Å²) in [6, 6.07) is 8.34. The summed E-state index contributed by atoms with van der Waals surface area (Å²) in [4.78, 5) is 10.7. The zero-order valence-corrected chi connectivity index (χ0v) is 10.2. The van der Waals surface area contributed by atoms with E-state index in [-0.39, 0.29) is 6.42 Å². The van der Waals surface area contributed by atoms with Crippen LogP contribution in [0.5, 0.6) is 0 Å². The van der Waals surface area contributed by atoms with Crippen molar-refractivity contribution in [2.75, 3.05) is 0 Å². The summed E-state index contributed by atoms with van der Waals surface area (Å²) in [5.41, 5.74) is 3.59. The number of nitrogens with zero attached hydrogens (tertiary/aromatic N) is 1. The number of hydrogen-bond acceptors (Lipinski definition) is 1. The molecule has 0 fully saturated rings. The van der Waals surface area contributed by atoms with E-state index in [4.69, 9.17) is 5.11 Å². The number of aliphatic carboxylic acids is 1. The van der Waals surface area contributed by atoms with Gasteiger partial charge in [0.15, 0.2) is 0 Å². The first-order valence-electron chi connectivity index (χ1n) is 5.93. The molecule has 1 aromatic carbocycles. The van der Waals surface area contributed by atoms with Crippen molar-refractivity contribution in [2.24, 2.45) is 0 Å². The third kappa shape index (κ3) is 2.18. The van der Waals surface area contributed by atoms with Crippen molar-refractivity contribution in [2.45, 2.75) is 33.2 Å². The van der Waals surface area contributed by atoms with Gasteiger partial charge < -0.3 is 9.67 Å². The predicted molar refractivity (Wildman–Crippen MR) is 68.3 cm³/mol. The average Bonchev–Trinajstić information content (AvgIpc) is 2.66. The molecule has 0 aliphatic carbocycles. The number of aryl methyl sites for hydroxylation is 3. The van der Waals surface area contributed by atoms with Crippen LogP contribution in [0, 0.1) is 6.92 Å². The Morgan fingerprint density at radius 3 is 2.82 bits per heavy atom. The summed E-state index contributed by atoms with van der Waals surface area (Å²) in [6.07, 6.45) is 1.10. The van der Waals surface area contributed by atoms with Crippen molar-refractivity contribution in [3.63, 3.8) is 0 Å². The van der Waals surface area contributed by atoms with Crippen molar-refractivity contribution in [1.82, 2.24) is 4.57 Å². The van der Waals surface area contributed by atoms with Gasteiger partial charge in [0.05, 0.1) is 6.42 Å². The van der Waals surface area contributed by atoms with E-state index in [2.05, 4.69) is 36.6 Å². The van der Waals surface area contributed by atoms with E-state index in [9.17, 15) is 4.79 Å². The molecule has 0 radical (unpaired) electrons. The number of fused-ring (bicyclic) bond motifs is 1. The van der Waals surface area contributed by atoms with Crippen molar-refractivity contribution in [3.8, 4) is 0 Å². The van der Waals surface area contributed by atoms with Gasteiger partial charge in [-0.25, -0.2) is 0 Å². The molecule has 0 bridgehead atoms. The van der Waals surface area contributed by atoms with Crippen molar-refractivity contribution < 1.29 is 9.90 Å². The molecule has 1 N–H and O–H groups in total. The fourth-order valence-electron chi connectivity index (χ4n) is 2.25. The molecule has 3 nitrogen and oxygen atoms in total. The van der Waals surface area contributed by atoms with E-state index < -0.39 is 5.97 Å². The zero-order chi connectivity index (χ0) is 12.4. The molecule has 0 aliphatic heterocycles. The van der Waals surface area contributed by atoms with Crippen molar-refractivity contribution in [3.05, 3.63) is 35.5 Å². The molecule has 0 unspecified atom stereocenters. The SMILES string of the molecule is CCc1cc2c(C)cccc2n1CCC(=O)O. The number of aromatic nitrogens is 1. The van der Waals surface area contributed by atoms with Crippen LogP contribution in [0.1, 0.15) is 24.6 Å². The van der Waals surface area contributed by atoms with E-state index in [0.717, 1.165) is 11.9 Å². The molecule has 90 valence electrons. The second-order valence-electron chi connectivity index (χ2n) is 4.29. The van der Waals surface area contributed by atoms with Gasteiger partial charge in [-0.2, -0.15) is 0 Å². The van der Waals surface area contributed by atoms with Crippen LogP contribution >= 0.6 is 0 Å². The number of carboxylic acids is 1. The van der Waals surface area contributed by atoms with Crippen LogP contribution in [0.4, 0.5) is 0 Å². The van der Waals surface area contributed by atoms with Crippen LogP contribution < -0.4 is 0 Å². The standard InChI is InChI=1S/C14H17NO2/c1-3-11-9-12-10(2)5-4-6-13(12)15(11)8-7-14(16)17/h4-6,9H,3,7-8H2,1-2H3,(H,16,17). The third-order valence-corrected chi connectivity index (χ3v) is 3.16. The maximum Gasteiger partial charge on any atom is 0.305 e. The molecule has 2 aromatic rings. The second kappa shape index (κ2) is 4.62. The van der Waals surface area contributed by atoms with Crippen LogP contribution in [-0.4, -0.2) is 15.6 Å². The van der Waals surface area contributed by atoms with Gasteiger partial charge in [0.25, 0.3) is 0 Å². The fraction of sp³-hybridized carbons (Fsp3) is 0.357. The quantitative estimate of drug-likeness (QED) is 0.879. The summed E-state index contributed by atoms with van der Waals surface area (Å²) in [5.74, 6) is -0.749. The minimum atomic E-state index is -0.749. The molecule has 1 heterocycles. The van der Waals surface area contributed by atoms with Crippen LogP contribution in [0.25, 0.3) is 10.9 Å². The Labute approximate surface area is 101 Å². The van der Waals surface area contributed by atoms with E-state index in [1.54, 1.807) is 0 Å². The number of hydrogen-bond donors (Lipinski definition) is 1. The third-order valence-electron chi connectivity index (χ3n) is 3.16. The molecule has 0 amide bonds. The molecular weight excluding hydrogens is 214 g/mol. The van der Waals surface area contributed by atoms with E-state index in [1.807, 2.05) is 6.07 Å². The molecule has 0 aliphatic rings. The second-order valence-corrected chi connectivity index (χ2v) is 4.29. The number of benzene rings is 1. The van der Waals surface area contributed by atoms with Crippen LogP contribution in [0.3, 0.4) is 0 Å². The Kier molecular flexibility index (Phi) is 3.18. The van der Waals surface area contributed by atoms with Gasteiger partial charge in [-0.05, 0) is 31.0 Å². The smallest absolute Gasteiger partial charge is 0.305 e. The van der Waals surface area contributed by atoms with E-state index in [0.29, 0.717) is 6.54 Å². The molecule has 0 atom stereocenters. The molecular formula is C14H17NO2. The van der Waals surface area contributed by atoms with Gasteiger partial charge in [-0.1, -0.05) is 19.1 Å². The van der Waals surface area contributed by atoms with Crippen molar-refractivity contribution >= 4 is 16.9 Å². The first-order valence-corrected chi connectivity index (χ1v) is 5.93. The summed E-state index contributed by atoms with van der Waals surface area (Å²) >= 11 is 0. The Morgan fingerprint density at radius 1 is 1.41 bits per heavy atom. The highest BCUT2D eigenvalue weighted by Crippen LogP contribution is 2.23. The van der Waals surface area contributed by atoms with Crippen molar-refractivity contribution in [1.29, 1.82) is 0 Å². The van der Waals surface area contributed by atoms with Crippen LogP contribution in [0.15, 0.2) is 24.3 Å². The number of rotatable bonds is 4. The Balaban J connectivity index is 2.51. The summed E-state index contributed by atoms with van der Waals surface area (Å²) in [5, 5.41) is 10.0. The maximum absolute atomic E-state index is 10.7. The maximum atomic E-state index is 10.7. The van der Waals surface area contributed by atoms with Gasteiger partial charge in [0, 0.05) is 23.1 Å². The van der Waals surface area contributed by atoms with Gasteiger partial charge in [0.1, 0.15) is 0 Å². The summed E-state index contributed by atoms with van der Waals surface area (Å²) in [6.45, 7) is 4.73. The zero-order valence-electron chi connectivity index (χ0n) is 10.2. The minimum Gasteiger partial charge on any atom is -0.481 e. The molecule has 3 heteroatoms. The van der Waals surface area contributed by atoms with E-state index in [1.165, 1.54) is 16.6 Å².